The summed E-state index contributed by atoms with van der Waals surface area (Å²) in [6.45, 7) is 17.2. The summed E-state index contributed by atoms with van der Waals surface area (Å²) < 4.78 is 27.6. The van der Waals surface area contributed by atoms with Crippen molar-refractivity contribution in [3.05, 3.63) is 0 Å². The van der Waals surface area contributed by atoms with Crippen LogP contribution < -0.4 is 0 Å². The molecule has 0 amide bonds. The Kier molecular flexibility index (Phi) is 30.8. The van der Waals surface area contributed by atoms with E-state index in [1.807, 2.05) is 0 Å². The van der Waals surface area contributed by atoms with Crippen molar-refractivity contribution >= 4 is 26.2 Å². The Morgan fingerprint density at radius 3 is 1.14 bits per heavy atom. The summed E-state index contributed by atoms with van der Waals surface area (Å²) in [6, 6.07) is 0. The van der Waals surface area contributed by atoms with Crippen LogP contribution in [0, 0.1) is 0 Å². The Labute approximate surface area is 238 Å². The third-order valence-corrected chi connectivity index (χ3v) is 27.4. The Balaban J connectivity index is 0. The maximum absolute atomic E-state index is 11.6. The van der Waals surface area contributed by atoms with Crippen LogP contribution in [-0.2, 0) is 13.6 Å². The molecule has 37 heavy (non-hydrogen) atoms. The second kappa shape index (κ2) is 28.4. The van der Waals surface area contributed by atoms with E-state index in [1.54, 1.807) is 13.3 Å². The fourth-order valence-corrected chi connectivity index (χ4v) is 21.9. The van der Waals surface area contributed by atoms with E-state index in [1.165, 1.54) is 89.9 Å². The number of phosphoric ester groups is 1. The van der Waals surface area contributed by atoms with Crippen LogP contribution in [0.15, 0.2) is 0 Å². The molecule has 0 unspecified atom stereocenters. The summed E-state index contributed by atoms with van der Waals surface area (Å²) in [5.74, 6) is 0. The third kappa shape index (κ3) is 25.6. The minimum absolute atomic E-state index is 0.316. The van der Waals surface area contributed by atoms with Gasteiger partial charge in [-0.2, -0.15) is 0 Å². The molecule has 0 heterocycles. The van der Waals surface area contributed by atoms with Crippen molar-refractivity contribution in [2.75, 3.05) is 13.2 Å². The van der Waals surface area contributed by atoms with Crippen molar-refractivity contribution in [1.82, 2.24) is 0 Å². The van der Waals surface area contributed by atoms with Crippen LogP contribution >= 0.6 is 7.82 Å². The zero-order valence-corrected chi connectivity index (χ0v) is 30.2. The third-order valence-electron chi connectivity index (χ3n) is 7.81. The summed E-state index contributed by atoms with van der Waals surface area (Å²) in [7, 11) is -3.82. The van der Waals surface area contributed by atoms with Crippen molar-refractivity contribution in [3.8, 4) is 0 Å². The van der Waals surface area contributed by atoms with Crippen molar-refractivity contribution in [2.24, 2.45) is 0 Å². The molecular weight excluding hydrogens is 586 g/mol. The van der Waals surface area contributed by atoms with Crippen LogP contribution in [0.5, 0.6) is 0 Å². The van der Waals surface area contributed by atoms with Crippen molar-refractivity contribution in [1.29, 1.82) is 0 Å². The van der Waals surface area contributed by atoms with Gasteiger partial charge in [0.05, 0.1) is 13.2 Å². The quantitative estimate of drug-likeness (QED) is 0.0572. The SMILES string of the molecule is CCCCCCCCOP(=O)(O)OCCCCCCCC.CCC[CH2][Sn]([CH2]CCC)([CH2]CCC)[CH](C)C. The first kappa shape index (κ1) is 40.0. The van der Waals surface area contributed by atoms with Gasteiger partial charge >= 0.3 is 117 Å². The number of unbranched alkanes of at least 4 members (excludes halogenated alkanes) is 13. The number of phosphoric acid groups is 1. The number of rotatable bonds is 26. The molecule has 4 nitrogen and oxygen atoms in total. The molecule has 0 aromatic carbocycles. The fourth-order valence-electron chi connectivity index (χ4n) is 4.99. The van der Waals surface area contributed by atoms with Crippen molar-refractivity contribution < 1.29 is 18.5 Å². The van der Waals surface area contributed by atoms with E-state index in [4.69, 9.17) is 9.05 Å². The van der Waals surface area contributed by atoms with E-state index in [0.717, 1.165) is 29.6 Å². The van der Waals surface area contributed by atoms with E-state index < -0.39 is 26.2 Å². The fraction of sp³-hybridized carbons (Fsp3) is 1.00. The van der Waals surface area contributed by atoms with Crippen molar-refractivity contribution in [2.45, 2.75) is 181 Å². The topological polar surface area (TPSA) is 55.8 Å². The summed E-state index contributed by atoms with van der Waals surface area (Å²) in [4.78, 5) is 9.51. The zero-order valence-electron chi connectivity index (χ0n) is 26.5. The van der Waals surface area contributed by atoms with E-state index in [0.29, 0.717) is 13.2 Å². The summed E-state index contributed by atoms with van der Waals surface area (Å²) in [5.41, 5.74) is 0. The van der Waals surface area contributed by atoms with Crippen LogP contribution in [0.25, 0.3) is 0 Å². The molecule has 0 aliphatic carbocycles. The van der Waals surface area contributed by atoms with E-state index in [2.05, 4.69) is 48.5 Å². The Hall–Kier alpha value is 0.909. The normalized spacial score (nSPS) is 12.1. The predicted molar refractivity (Wildman–Crippen MR) is 168 cm³/mol. The second-order valence-corrected chi connectivity index (χ2v) is 28.3. The van der Waals surface area contributed by atoms with Gasteiger partial charge in [-0.1, -0.05) is 78.1 Å². The second-order valence-electron chi connectivity index (χ2n) is 11.5. The maximum atomic E-state index is 11.6. The molecular formula is C31H69O4PSn. The molecule has 0 bridgehead atoms. The Bertz CT molecular complexity index is 458. The molecule has 1 N–H and O–H groups in total. The summed E-state index contributed by atoms with van der Waals surface area (Å²) >= 11 is -1.75. The van der Waals surface area contributed by atoms with Gasteiger partial charge in [0.25, 0.3) is 0 Å². The van der Waals surface area contributed by atoms with Crippen LogP contribution in [0.2, 0.25) is 17.2 Å². The molecule has 0 atom stereocenters. The molecule has 0 saturated heterocycles. The predicted octanol–water partition coefficient (Wildman–Crippen LogP) is 12.1. The van der Waals surface area contributed by atoms with Crippen LogP contribution in [0.1, 0.15) is 164 Å². The van der Waals surface area contributed by atoms with E-state index >= 15 is 0 Å². The first-order valence-electron chi connectivity index (χ1n) is 16.4. The first-order valence-corrected chi connectivity index (χ1v) is 25.6. The monoisotopic (exact) mass is 656 g/mol. The molecule has 0 saturated carbocycles. The van der Waals surface area contributed by atoms with E-state index in [-0.39, 0.29) is 0 Å². The molecule has 0 aromatic rings. The number of hydrogen-bond acceptors (Lipinski definition) is 3. The average molecular weight is 656 g/mol. The summed E-state index contributed by atoms with van der Waals surface area (Å²) in [5, 5.41) is 0. The molecule has 0 aliphatic rings. The van der Waals surface area contributed by atoms with E-state index in [9.17, 15) is 9.46 Å². The molecule has 6 heteroatoms. The van der Waals surface area contributed by atoms with Gasteiger partial charge in [-0.25, -0.2) is 4.57 Å². The van der Waals surface area contributed by atoms with Gasteiger partial charge in [0, 0.05) is 0 Å². The van der Waals surface area contributed by atoms with Crippen LogP contribution in [0.4, 0.5) is 0 Å². The van der Waals surface area contributed by atoms with Crippen LogP contribution in [0.3, 0.4) is 0 Å². The minimum atomic E-state index is -3.82. The molecule has 0 aromatic heterocycles. The molecule has 0 aliphatic heterocycles. The number of hydrogen-bond donors (Lipinski definition) is 1. The first-order chi connectivity index (χ1) is 17.7. The standard InChI is InChI=1S/C16H35O4P.3C4H9.C3H7.Sn/c1-3-5-7-9-11-13-15-19-21(17,18)20-16-14-12-10-8-6-4-2;3*1-3-4-2;1-3-2;/h3-16H2,1-2H3,(H,17,18);3*1,3-4H2,2H3;3H,1-2H3;. The Morgan fingerprint density at radius 2 is 0.838 bits per heavy atom. The van der Waals surface area contributed by atoms with Gasteiger partial charge in [-0.05, 0) is 12.8 Å². The summed E-state index contributed by atoms with van der Waals surface area (Å²) in [6.07, 6.45) is 22.3. The van der Waals surface area contributed by atoms with Crippen molar-refractivity contribution in [3.63, 3.8) is 0 Å². The zero-order chi connectivity index (χ0) is 28.3. The molecule has 0 rings (SSSR count). The van der Waals surface area contributed by atoms with Gasteiger partial charge < -0.3 is 4.89 Å². The van der Waals surface area contributed by atoms with Gasteiger partial charge in [0.15, 0.2) is 0 Å². The van der Waals surface area contributed by atoms with Gasteiger partial charge in [0.1, 0.15) is 0 Å². The molecule has 0 fully saturated rings. The molecule has 226 valence electrons. The van der Waals surface area contributed by atoms with Gasteiger partial charge in [-0.15, -0.1) is 0 Å². The Morgan fingerprint density at radius 1 is 0.541 bits per heavy atom. The average Bonchev–Trinajstić information content (AvgIpc) is 2.87. The molecule has 0 spiro atoms. The molecule has 0 radical (unpaired) electrons. The van der Waals surface area contributed by atoms with Gasteiger partial charge in [0.2, 0.25) is 0 Å². The van der Waals surface area contributed by atoms with Gasteiger partial charge in [-0.3, -0.25) is 9.05 Å². The van der Waals surface area contributed by atoms with Crippen LogP contribution in [-0.4, -0.2) is 36.5 Å².